The van der Waals surface area contributed by atoms with Crippen LogP contribution in [0.4, 0.5) is 39.9 Å². The molecule has 2 heterocycles. The summed E-state index contributed by atoms with van der Waals surface area (Å²) < 4.78 is 147. The third-order valence-electron chi connectivity index (χ3n) is 9.38. The lowest BCUT2D eigenvalue weighted by Gasteiger charge is -2.38. The Hall–Kier alpha value is -4.76. The van der Waals surface area contributed by atoms with Gasteiger partial charge in [0, 0.05) is 57.3 Å². The summed E-state index contributed by atoms with van der Waals surface area (Å²) in [5.74, 6) is -2.25. The molecule has 1 atom stereocenters. The van der Waals surface area contributed by atoms with Crippen LogP contribution in [0.15, 0.2) is 71.6 Å². The van der Waals surface area contributed by atoms with Gasteiger partial charge in [0.2, 0.25) is 5.91 Å². The molecule has 278 valence electrons. The van der Waals surface area contributed by atoms with Gasteiger partial charge in [0.1, 0.15) is 16.4 Å². The Morgan fingerprint density at radius 3 is 1.92 bits per heavy atom. The van der Waals surface area contributed by atoms with Crippen molar-refractivity contribution in [2.75, 3.05) is 39.3 Å². The van der Waals surface area contributed by atoms with Crippen LogP contribution >= 0.6 is 0 Å². The molecule has 9 nitrogen and oxygen atoms in total. The highest BCUT2D eigenvalue weighted by atomic mass is 32.2. The predicted molar refractivity (Wildman–Crippen MR) is 167 cm³/mol. The third kappa shape index (κ3) is 6.78. The molecule has 2 saturated heterocycles. The van der Waals surface area contributed by atoms with Gasteiger partial charge < -0.3 is 19.4 Å². The largest absolute Gasteiger partial charge is 0.430 e. The Kier molecular flexibility index (Phi) is 10.4. The molecule has 0 spiro atoms. The fraction of sp³-hybridized carbons (Fsp3) is 0.382. The maximum Gasteiger partial charge on any atom is 0.430 e. The van der Waals surface area contributed by atoms with Crippen molar-refractivity contribution in [3.8, 4) is 6.07 Å². The van der Waals surface area contributed by atoms with E-state index >= 15 is 0 Å². The Bertz CT molecular complexity index is 1960. The monoisotopic (exact) mass is 758 g/mol. The van der Waals surface area contributed by atoms with E-state index in [-0.39, 0.29) is 56.2 Å². The minimum atomic E-state index is -6.17. The van der Waals surface area contributed by atoms with Crippen LogP contribution in [0.2, 0.25) is 0 Å². The topological polar surface area (TPSA) is 111 Å². The predicted octanol–water partition coefficient (Wildman–Crippen LogP) is 6.03. The van der Waals surface area contributed by atoms with E-state index in [1.165, 1.54) is 21.6 Å². The summed E-state index contributed by atoms with van der Waals surface area (Å²) in [5.41, 5.74) is -7.69. The third-order valence-corrected chi connectivity index (χ3v) is 11.9. The highest BCUT2D eigenvalue weighted by Crippen LogP contribution is 2.54. The molecule has 0 radical (unpaired) electrons. The SMILES string of the molecule is CC(=O)N1CCN(C(=O)N2CCC(c3ccc(C(OCc4ccc(C#N)cc4F)(C(F)(F)F)C(F)(F)F)cc3)(S(=O)(=O)c3ccc(F)cc3)C2)CC1. The number of benzene rings is 3. The molecule has 2 aliphatic heterocycles. The van der Waals surface area contributed by atoms with E-state index in [4.69, 9.17) is 5.26 Å². The number of rotatable bonds is 7. The second-order valence-electron chi connectivity index (χ2n) is 12.4. The zero-order valence-corrected chi connectivity index (χ0v) is 28.1. The maximum atomic E-state index is 14.6. The fourth-order valence-electron chi connectivity index (χ4n) is 6.47. The summed E-state index contributed by atoms with van der Waals surface area (Å²) in [6, 6.07) is 9.45. The van der Waals surface area contributed by atoms with Crippen molar-refractivity contribution in [2.45, 2.75) is 47.5 Å². The number of hydrogen-bond acceptors (Lipinski definition) is 6. The van der Waals surface area contributed by atoms with Gasteiger partial charge in [0.25, 0.3) is 5.60 Å². The molecule has 3 amide bonds. The van der Waals surface area contributed by atoms with Crippen molar-refractivity contribution < 1.29 is 57.9 Å². The molecule has 5 rings (SSSR count). The number of halogens is 8. The van der Waals surface area contributed by atoms with Crippen LogP contribution in [-0.2, 0) is 36.3 Å². The van der Waals surface area contributed by atoms with Crippen molar-refractivity contribution in [1.82, 2.24) is 14.7 Å². The Labute approximate surface area is 292 Å². The molecule has 0 saturated carbocycles. The molecule has 2 aliphatic rings. The first kappa shape index (κ1) is 38.5. The van der Waals surface area contributed by atoms with Crippen molar-refractivity contribution in [2.24, 2.45) is 0 Å². The summed E-state index contributed by atoms with van der Waals surface area (Å²) >= 11 is 0. The van der Waals surface area contributed by atoms with Gasteiger partial charge >= 0.3 is 18.4 Å². The summed E-state index contributed by atoms with van der Waals surface area (Å²) in [6.45, 7) is -0.190. The number of nitrogens with zero attached hydrogens (tertiary/aromatic N) is 4. The average Bonchev–Trinajstić information content (AvgIpc) is 3.55. The minimum Gasteiger partial charge on any atom is -0.349 e. The summed E-state index contributed by atoms with van der Waals surface area (Å²) in [6.07, 6.45) is -12.7. The molecule has 0 aromatic heterocycles. The summed E-state index contributed by atoms with van der Waals surface area (Å²) in [7, 11) is -4.62. The van der Waals surface area contributed by atoms with Crippen LogP contribution < -0.4 is 0 Å². The number of alkyl halides is 6. The van der Waals surface area contributed by atoms with Gasteiger partial charge in [0.05, 0.1) is 23.1 Å². The van der Waals surface area contributed by atoms with Gasteiger partial charge in [-0.05, 0) is 48.4 Å². The second-order valence-corrected chi connectivity index (χ2v) is 14.6. The molecule has 0 N–H and O–H groups in total. The molecular weight excluding hydrogens is 728 g/mol. The highest BCUT2D eigenvalue weighted by Gasteiger charge is 2.73. The lowest BCUT2D eigenvalue weighted by molar-refractivity contribution is -0.392. The van der Waals surface area contributed by atoms with E-state index in [2.05, 4.69) is 4.74 Å². The zero-order chi connectivity index (χ0) is 38.3. The molecule has 52 heavy (non-hydrogen) atoms. The number of ether oxygens (including phenoxy) is 1. The van der Waals surface area contributed by atoms with Crippen LogP contribution in [0.25, 0.3) is 0 Å². The van der Waals surface area contributed by atoms with E-state index in [1.54, 1.807) is 6.07 Å². The van der Waals surface area contributed by atoms with E-state index in [1.807, 2.05) is 0 Å². The number of sulfone groups is 1. The molecule has 1 unspecified atom stereocenters. The van der Waals surface area contributed by atoms with Crippen LogP contribution in [0.1, 0.15) is 35.6 Å². The number of urea groups is 1. The van der Waals surface area contributed by atoms with Crippen LogP contribution in [0.5, 0.6) is 0 Å². The molecule has 0 bridgehead atoms. The van der Waals surface area contributed by atoms with E-state index in [9.17, 15) is 53.1 Å². The first-order chi connectivity index (χ1) is 24.3. The van der Waals surface area contributed by atoms with Gasteiger partial charge in [-0.3, -0.25) is 4.79 Å². The average molecular weight is 759 g/mol. The van der Waals surface area contributed by atoms with Gasteiger partial charge in [-0.1, -0.05) is 30.3 Å². The first-order valence-corrected chi connectivity index (χ1v) is 17.1. The Morgan fingerprint density at radius 2 is 1.40 bits per heavy atom. The number of amides is 3. The lowest BCUT2D eigenvalue weighted by Crippen LogP contribution is -2.56. The summed E-state index contributed by atoms with van der Waals surface area (Å²) in [4.78, 5) is 29.0. The number of nitriles is 1. The molecule has 3 aromatic carbocycles. The standard InChI is InChI=1S/C34H30F8N4O5S/c1-22(47)44-14-16-45(17-15-44)30(48)46-13-12-31(21-46,52(49,50)28-10-8-27(35)9-11-28)25-4-6-26(7-5-25)32(33(37,38)39,34(40,41)42)51-20-24-3-2-23(19-43)18-29(24)36/h2-11,18H,12-17,20-21H2,1H3. The van der Waals surface area contributed by atoms with E-state index < -0.39 is 79.4 Å². The number of hydrogen-bond donors (Lipinski definition) is 0. The quantitative estimate of drug-likeness (QED) is 0.215. The maximum absolute atomic E-state index is 14.6. The lowest BCUT2D eigenvalue weighted by atomic mass is 9.88. The normalized spacial score (nSPS) is 18.7. The fourth-order valence-corrected chi connectivity index (χ4v) is 8.55. The zero-order valence-electron chi connectivity index (χ0n) is 27.3. The van der Waals surface area contributed by atoms with Crippen LogP contribution in [-0.4, -0.2) is 86.7 Å². The molecule has 18 heteroatoms. The molecule has 0 aliphatic carbocycles. The van der Waals surface area contributed by atoms with E-state index in [0.29, 0.717) is 18.2 Å². The minimum absolute atomic E-state index is 0.130. The van der Waals surface area contributed by atoms with Gasteiger partial charge in [-0.2, -0.15) is 31.6 Å². The van der Waals surface area contributed by atoms with Crippen LogP contribution in [0.3, 0.4) is 0 Å². The van der Waals surface area contributed by atoms with Crippen molar-refractivity contribution in [1.29, 1.82) is 5.26 Å². The number of piperazine rings is 1. The second kappa shape index (κ2) is 14.0. The Morgan fingerprint density at radius 1 is 0.827 bits per heavy atom. The van der Waals surface area contributed by atoms with E-state index in [0.717, 1.165) is 48.5 Å². The number of carbonyl (C=O) groups excluding carboxylic acids is 2. The number of carbonyl (C=O) groups is 2. The van der Waals surface area contributed by atoms with Crippen LogP contribution in [0, 0.1) is 23.0 Å². The summed E-state index contributed by atoms with van der Waals surface area (Å²) in [5, 5.41) is 8.91. The Balaban J connectivity index is 1.55. The molecule has 2 fully saturated rings. The number of likely N-dealkylation sites (tertiary alicyclic amines) is 1. The van der Waals surface area contributed by atoms with Crippen molar-refractivity contribution in [3.05, 3.63) is 101 Å². The van der Waals surface area contributed by atoms with Gasteiger partial charge in [0.15, 0.2) is 9.84 Å². The smallest absolute Gasteiger partial charge is 0.349 e. The van der Waals surface area contributed by atoms with Gasteiger partial charge in [-0.15, -0.1) is 0 Å². The van der Waals surface area contributed by atoms with Crippen molar-refractivity contribution >= 4 is 21.8 Å². The van der Waals surface area contributed by atoms with Gasteiger partial charge in [-0.25, -0.2) is 22.0 Å². The molecular formula is C34H30F8N4O5S. The highest BCUT2D eigenvalue weighted by molar-refractivity contribution is 7.92. The molecule has 3 aromatic rings. The van der Waals surface area contributed by atoms with Crippen molar-refractivity contribution in [3.63, 3.8) is 0 Å². The first-order valence-electron chi connectivity index (χ1n) is 15.6.